The highest BCUT2D eigenvalue weighted by molar-refractivity contribution is 7.12. The molecular formula is C24H23N3O4S. The zero-order valence-corrected chi connectivity index (χ0v) is 18.5. The number of methoxy groups -OCH3 is 1. The minimum Gasteiger partial charge on any atom is -0.468 e. The highest BCUT2D eigenvalue weighted by Crippen LogP contribution is 2.34. The molecule has 7 nitrogen and oxygen atoms in total. The number of carbonyl (C=O) groups is 2. The average molecular weight is 450 g/mol. The van der Waals surface area contributed by atoms with Crippen molar-refractivity contribution < 1.29 is 18.7 Å². The second kappa shape index (κ2) is 8.72. The molecule has 1 aromatic carbocycles. The Labute approximate surface area is 189 Å². The average Bonchev–Trinajstić information content (AvgIpc) is 3.58. The van der Waals surface area contributed by atoms with Gasteiger partial charge >= 0.3 is 5.97 Å². The lowest BCUT2D eigenvalue weighted by molar-refractivity contribution is -0.149. The van der Waals surface area contributed by atoms with E-state index in [2.05, 4.69) is 5.10 Å². The van der Waals surface area contributed by atoms with Gasteiger partial charge in [0.1, 0.15) is 17.8 Å². The summed E-state index contributed by atoms with van der Waals surface area (Å²) >= 11 is 1.60. The number of esters is 1. The molecule has 3 aromatic rings. The van der Waals surface area contributed by atoms with E-state index in [4.69, 9.17) is 9.15 Å². The minimum absolute atomic E-state index is 0.0620. The molecule has 8 heteroatoms. The Morgan fingerprint density at radius 1 is 1.12 bits per heavy atom. The number of carbonyl (C=O) groups excluding carboxylic acids is 2. The van der Waals surface area contributed by atoms with Gasteiger partial charge in [0.2, 0.25) is 0 Å². The van der Waals surface area contributed by atoms with Crippen molar-refractivity contribution in [1.29, 1.82) is 0 Å². The van der Waals surface area contributed by atoms with E-state index in [-0.39, 0.29) is 24.5 Å². The van der Waals surface area contributed by atoms with Crippen molar-refractivity contribution in [2.75, 3.05) is 13.7 Å². The van der Waals surface area contributed by atoms with E-state index in [0.717, 1.165) is 21.7 Å². The van der Waals surface area contributed by atoms with Crippen LogP contribution in [0.25, 0.3) is 0 Å². The number of rotatable bonds is 5. The van der Waals surface area contributed by atoms with Gasteiger partial charge in [-0.3, -0.25) is 14.5 Å². The van der Waals surface area contributed by atoms with Gasteiger partial charge in [0.05, 0.1) is 30.5 Å². The third-order valence-electron chi connectivity index (χ3n) is 6.00. The van der Waals surface area contributed by atoms with Crippen molar-refractivity contribution in [3.63, 3.8) is 0 Å². The van der Waals surface area contributed by atoms with E-state index in [1.54, 1.807) is 17.6 Å². The van der Waals surface area contributed by atoms with Crippen molar-refractivity contribution in [2.24, 2.45) is 5.10 Å². The molecule has 164 valence electrons. The Morgan fingerprint density at radius 3 is 2.69 bits per heavy atom. The van der Waals surface area contributed by atoms with Crippen LogP contribution in [-0.4, -0.2) is 47.2 Å². The molecule has 2 atom stereocenters. The van der Waals surface area contributed by atoms with Gasteiger partial charge in [-0.15, -0.1) is 11.3 Å². The molecule has 2 aliphatic heterocycles. The van der Waals surface area contributed by atoms with Crippen LogP contribution in [0.4, 0.5) is 0 Å². The minimum atomic E-state index is -0.510. The summed E-state index contributed by atoms with van der Waals surface area (Å²) in [4.78, 5) is 28.9. The van der Waals surface area contributed by atoms with Crippen LogP contribution >= 0.6 is 11.3 Å². The van der Waals surface area contributed by atoms with Gasteiger partial charge in [-0.2, -0.15) is 5.10 Å². The lowest BCUT2D eigenvalue weighted by Crippen LogP contribution is -2.50. The summed E-state index contributed by atoms with van der Waals surface area (Å²) < 4.78 is 10.7. The summed E-state index contributed by atoms with van der Waals surface area (Å²) in [6, 6.07) is 14.8. The summed E-state index contributed by atoms with van der Waals surface area (Å²) in [5.74, 6) is 0.187. The van der Waals surface area contributed by atoms with Crippen LogP contribution in [0.3, 0.4) is 0 Å². The summed E-state index contributed by atoms with van der Waals surface area (Å²) in [5.41, 5.74) is 3.09. The molecule has 2 aliphatic rings. The molecule has 4 heterocycles. The SMILES string of the molecule is COC(=O)C1Cc2ccccc2CN1CC(=O)N1N=C(c2cccs2)CC1c1ccco1. The molecule has 1 amide bonds. The summed E-state index contributed by atoms with van der Waals surface area (Å²) in [6.45, 7) is 0.564. The predicted molar refractivity (Wildman–Crippen MR) is 120 cm³/mol. The van der Waals surface area contributed by atoms with Gasteiger partial charge in [-0.25, -0.2) is 5.01 Å². The number of nitrogens with zero attached hydrogens (tertiary/aromatic N) is 3. The number of benzene rings is 1. The first kappa shape index (κ1) is 20.7. The molecule has 0 bridgehead atoms. The standard InChI is InChI=1S/C24H23N3O4S/c1-30-24(29)20-12-16-6-2-3-7-17(16)14-26(20)15-23(28)27-19(21-8-4-10-31-21)13-18(25-27)22-9-5-11-32-22/h2-11,19-20H,12-15H2,1H3. The molecule has 0 fully saturated rings. The van der Waals surface area contributed by atoms with Crippen LogP contribution < -0.4 is 0 Å². The Kier molecular flexibility index (Phi) is 5.63. The highest BCUT2D eigenvalue weighted by Gasteiger charge is 2.39. The van der Waals surface area contributed by atoms with E-state index >= 15 is 0 Å². The van der Waals surface area contributed by atoms with Crippen LogP contribution in [-0.2, 0) is 27.3 Å². The van der Waals surface area contributed by atoms with E-state index < -0.39 is 6.04 Å². The molecule has 0 saturated carbocycles. The van der Waals surface area contributed by atoms with Gasteiger partial charge in [0, 0.05) is 13.0 Å². The van der Waals surface area contributed by atoms with Crippen molar-refractivity contribution in [2.45, 2.75) is 31.5 Å². The van der Waals surface area contributed by atoms with E-state index in [9.17, 15) is 9.59 Å². The van der Waals surface area contributed by atoms with E-state index in [1.807, 2.05) is 58.8 Å². The van der Waals surface area contributed by atoms with Crippen molar-refractivity contribution >= 4 is 28.9 Å². The first-order valence-electron chi connectivity index (χ1n) is 10.5. The Morgan fingerprint density at radius 2 is 1.97 bits per heavy atom. The summed E-state index contributed by atoms with van der Waals surface area (Å²) in [5, 5.41) is 8.19. The second-order valence-corrected chi connectivity index (χ2v) is 8.86. The van der Waals surface area contributed by atoms with E-state index in [1.165, 1.54) is 12.1 Å². The maximum Gasteiger partial charge on any atom is 0.323 e. The lowest BCUT2D eigenvalue weighted by Gasteiger charge is -2.35. The normalized spacial score (nSPS) is 20.7. The summed E-state index contributed by atoms with van der Waals surface area (Å²) in [6.07, 6.45) is 2.71. The van der Waals surface area contributed by atoms with Crippen molar-refractivity contribution in [1.82, 2.24) is 9.91 Å². The number of hydrogen-bond acceptors (Lipinski definition) is 7. The second-order valence-electron chi connectivity index (χ2n) is 7.91. The molecule has 0 radical (unpaired) electrons. The first-order chi connectivity index (χ1) is 15.6. The fraction of sp³-hybridized carbons (Fsp3) is 0.292. The maximum absolute atomic E-state index is 13.5. The number of furan rings is 1. The number of thiophene rings is 1. The number of amides is 1. The highest BCUT2D eigenvalue weighted by atomic mass is 32.1. The molecule has 0 aliphatic carbocycles. The quantitative estimate of drug-likeness (QED) is 0.556. The third kappa shape index (κ3) is 3.87. The molecule has 2 unspecified atom stereocenters. The monoisotopic (exact) mass is 449 g/mol. The van der Waals surface area contributed by atoms with Gasteiger partial charge in [-0.05, 0) is 41.1 Å². The van der Waals surface area contributed by atoms with Crippen molar-refractivity contribution in [3.8, 4) is 0 Å². The number of hydrazone groups is 1. The van der Waals surface area contributed by atoms with Crippen LogP contribution in [0.2, 0.25) is 0 Å². The van der Waals surface area contributed by atoms with Crippen LogP contribution in [0.15, 0.2) is 69.7 Å². The van der Waals surface area contributed by atoms with Crippen LogP contribution in [0.1, 0.15) is 34.2 Å². The zero-order chi connectivity index (χ0) is 22.1. The van der Waals surface area contributed by atoms with Gasteiger partial charge < -0.3 is 9.15 Å². The van der Waals surface area contributed by atoms with Crippen LogP contribution in [0.5, 0.6) is 0 Å². The molecule has 0 N–H and O–H groups in total. The largest absolute Gasteiger partial charge is 0.468 e. The Balaban J connectivity index is 1.42. The van der Waals surface area contributed by atoms with Gasteiger partial charge in [0.25, 0.3) is 5.91 Å². The zero-order valence-electron chi connectivity index (χ0n) is 17.6. The van der Waals surface area contributed by atoms with Gasteiger partial charge in [0.15, 0.2) is 0 Å². The fourth-order valence-electron chi connectivity index (χ4n) is 4.39. The first-order valence-corrected chi connectivity index (χ1v) is 11.4. The Hall–Kier alpha value is -3.23. The molecule has 5 rings (SSSR count). The van der Waals surface area contributed by atoms with Gasteiger partial charge in [-0.1, -0.05) is 30.3 Å². The topological polar surface area (TPSA) is 75.3 Å². The molecule has 0 saturated heterocycles. The lowest BCUT2D eigenvalue weighted by atomic mass is 9.94. The van der Waals surface area contributed by atoms with Crippen molar-refractivity contribution in [3.05, 3.63) is 81.9 Å². The smallest absolute Gasteiger partial charge is 0.323 e. The van der Waals surface area contributed by atoms with E-state index in [0.29, 0.717) is 25.1 Å². The predicted octanol–water partition coefficient (Wildman–Crippen LogP) is 3.62. The third-order valence-corrected chi connectivity index (χ3v) is 6.92. The number of ether oxygens (including phenoxy) is 1. The molecule has 2 aromatic heterocycles. The Bertz CT molecular complexity index is 1140. The van der Waals surface area contributed by atoms with Crippen LogP contribution in [0, 0.1) is 0 Å². The number of hydrogen-bond donors (Lipinski definition) is 0. The fourth-order valence-corrected chi connectivity index (χ4v) is 5.11. The maximum atomic E-state index is 13.5. The molecule has 0 spiro atoms. The summed E-state index contributed by atoms with van der Waals surface area (Å²) in [7, 11) is 1.38. The molecular weight excluding hydrogens is 426 g/mol. The molecule has 32 heavy (non-hydrogen) atoms. The number of fused-ring (bicyclic) bond motifs is 1.